The molecule has 68 valence electrons. The van der Waals surface area contributed by atoms with Crippen LogP contribution in [0.15, 0.2) is 29.3 Å². The van der Waals surface area contributed by atoms with Crippen LogP contribution < -0.4 is 0 Å². The van der Waals surface area contributed by atoms with Gasteiger partial charge in [0.2, 0.25) is 0 Å². The second-order valence-corrected chi connectivity index (χ2v) is 4.22. The number of aliphatic imine (C=N–C) groups is 1. The van der Waals surface area contributed by atoms with Crippen LogP contribution in [0.25, 0.3) is 0 Å². The molecule has 1 heteroatoms. The van der Waals surface area contributed by atoms with Gasteiger partial charge in [0.1, 0.15) is 0 Å². The number of hydrogen-bond acceptors (Lipinski definition) is 1. The largest absolute Gasteiger partial charge is 0.287 e. The fourth-order valence-corrected chi connectivity index (χ4v) is 0.718. The zero-order valence-electron chi connectivity index (χ0n) is 8.65. The van der Waals surface area contributed by atoms with Gasteiger partial charge in [-0.05, 0) is 39.7 Å². The summed E-state index contributed by atoms with van der Waals surface area (Å²) in [6.45, 7) is 15.9. The predicted octanol–water partition coefficient (Wildman–Crippen LogP) is 3.38. The molecule has 0 unspecified atom stereocenters. The van der Waals surface area contributed by atoms with E-state index in [-0.39, 0.29) is 5.54 Å². The van der Waals surface area contributed by atoms with Gasteiger partial charge in [-0.25, -0.2) is 0 Å². The van der Waals surface area contributed by atoms with E-state index in [1.807, 2.05) is 13.1 Å². The van der Waals surface area contributed by atoms with Gasteiger partial charge in [-0.15, -0.1) is 0 Å². The van der Waals surface area contributed by atoms with Crippen molar-refractivity contribution >= 4 is 6.21 Å². The molecular formula is C11H19N. The molecule has 0 aliphatic heterocycles. The Morgan fingerprint density at radius 1 is 1.33 bits per heavy atom. The maximum Gasteiger partial charge on any atom is 0.0524 e. The molecule has 0 aromatic heterocycles. The summed E-state index contributed by atoms with van der Waals surface area (Å²) in [4.78, 5) is 4.34. The van der Waals surface area contributed by atoms with Crippen LogP contribution in [0.5, 0.6) is 0 Å². The third kappa shape index (κ3) is 7.26. The van der Waals surface area contributed by atoms with Gasteiger partial charge in [0.25, 0.3) is 0 Å². The van der Waals surface area contributed by atoms with E-state index in [9.17, 15) is 0 Å². The van der Waals surface area contributed by atoms with Crippen LogP contribution in [0.1, 0.15) is 34.1 Å². The highest BCUT2D eigenvalue weighted by molar-refractivity contribution is 5.78. The number of nitrogens with zero attached hydrogens (tertiary/aromatic N) is 1. The Kier molecular flexibility index (Phi) is 3.94. The molecule has 0 spiro atoms. The van der Waals surface area contributed by atoms with Crippen molar-refractivity contribution < 1.29 is 0 Å². The molecule has 0 saturated carbocycles. The lowest BCUT2D eigenvalue weighted by Crippen LogP contribution is -2.09. The molecule has 0 aromatic carbocycles. The Balaban J connectivity index is 4.01. The van der Waals surface area contributed by atoms with Gasteiger partial charge in [0, 0.05) is 6.21 Å². The summed E-state index contributed by atoms with van der Waals surface area (Å²) in [5.74, 6) is 0. The molecule has 0 fully saturated rings. The molecule has 1 nitrogen and oxygen atoms in total. The Morgan fingerprint density at radius 3 is 2.17 bits per heavy atom. The van der Waals surface area contributed by atoms with Gasteiger partial charge >= 0.3 is 0 Å². The van der Waals surface area contributed by atoms with Gasteiger partial charge in [0.15, 0.2) is 0 Å². The van der Waals surface area contributed by atoms with Crippen LogP contribution in [-0.2, 0) is 0 Å². The number of hydrogen-bond donors (Lipinski definition) is 0. The zero-order chi connectivity index (χ0) is 9.78. The Hall–Kier alpha value is -0.850. The summed E-state index contributed by atoms with van der Waals surface area (Å²) in [5.41, 5.74) is 2.15. The Labute approximate surface area is 75.9 Å². The molecule has 0 saturated heterocycles. The SMILES string of the molecule is C=C(C)CC(=C)C=NC(C)(C)C. The van der Waals surface area contributed by atoms with Crippen molar-refractivity contribution in [2.24, 2.45) is 4.99 Å². The van der Waals surface area contributed by atoms with Gasteiger partial charge < -0.3 is 0 Å². The van der Waals surface area contributed by atoms with Crippen LogP contribution in [0.3, 0.4) is 0 Å². The fourth-order valence-electron chi connectivity index (χ4n) is 0.718. The van der Waals surface area contributed by atoms with Crippen LogP contribution in [0.4, 0.5) is 0 Å². The van der Waals surface area contributed by atoms with E-state index in [1.165, 1.54) is 0 Å². The summed E-state index contributed by atoms with van der Waals surface area (Å²) in [5, 5.41) is 0. The van der Waals surface area contributed by atoms with E-state index >= 15 is 0 Å². The van der Waals surface area contributed by atoms with Crippen molar-refractivity contribution in [2.45, 2.75) is 39.7 Å². The van der Waals surface area contributed by atoms with Crippen molar-refractivity contribution in [3.05, 3.63) is 24.3 Å². The zero-order valence-corrected chi connectivity index (χ0v) is 8.65. The quantitative estimate of drug-likeness (QED) is 0.449. The van der Waals surface area contributed by atoms with Gasteiger partial charge in [-0.1, -0.05) is 18.7 Å². The first-order chi connectivity index (χ1) is 5.31. The van der Waals surface area contributed by atoms with E-state index in [0.717, 1.165) is 17.6 Å². The molecule has 0 aliphatic carbocycles. The lowest BCUT2D eigenvalue weighted by atomic mass is 10.1. The molecule has 0 aliphatic rings. The molecule has 0 rings (SSSR count). The Bertz CT molecular complexity index is 204. The molecule has 0 heterocycles. The van der Waals surface area contributed by atoms with Crippen LogP contribution in [0, 0.1) is 0 Å². The minimum Gasteiger partial charge on any atom is -0.287 e. The van der Waals surface area contributed by atoms with E-state index in [2.05, 4.69) is 38.9 Å². The third-order valence-electron chi connectivity index (χ3n) is 1.16. The maximum atomic E-state index is 4.34. The van der Waals surface area contributed by atoms with Crippen molar-refractivity contribution in [1.29, 1.82) is 0 Å². The summed E-state index contributed by atoms with van der Waals surface area (Å²) >= 11 is 0. The van der Waals surface area contributed by atoms with Crippen molar-refractivity contribution in [2.75, 3.05) is 0 Å². The molecule has 0 aromatic rings. The molecule has 0 radical (unpaired) electrons. The summed E-state index contributed by atoms with van der Waals surface area (Å²) in [6.07, 6.45) is 2.69. The topological polar surface area (TPSA) is 12.4 Å². The minimum absolute atomic E-state index is 0.00197. The van der Waals surface area contributed by atoms with E-state index in [0.29, 0.717) is 0 Å². The first-order valence-electron chi connectivity index (χ1n) is 4.18. The number of rotatable bonds is 3. The predicted molar refractivity (Wildman–Crippen MR) is 56.8 cm³/mol. The smallest absolute Gasteiger partial charge is 0.0524 e. The second-order valence-electron chi connectivity index (χ2n) is 4.22. The Morgan fingerprint density at radius 2 is 1.83 bits per heavy atom. The monoisotopic (exact) mass is 165 g/mol. The summed E-state index contributed by atoms with van der Waals surface area (Å²) in [6, 6.07) is 0. The lowest BCUT2D eigenvalue weighted by Gasteiger charge is -2.11. The average Bonchev–Trinajstić information content (AvgIpc) is 1.80. The summed E-state index contributed by atoms with van der Waals surface area (Å²) < 4.78 is 0. The standard InChI is InChI=1S/C11H19N/c1-9(2)7-10(3)8-12-11(4,5)6/h8H,1,3,7H2,2,4-6H3. The van der Waals surface area contributed by atoms with Crippen molar-refractivity contribution in [1.82, 2.24) is 0 Å². The lowest BCUT2D eigenvalue weighted by molar-refractivity contribution is 0.586. The van der Waals surface area contributed by atoms with Gasteiger partial charge in [0.05, 0.1) is 5.54 Å². The highest BCUT2D eigenvalue weighted by Crippen LogP contribution is 2.08. The molecule has 12 heavy (non-hydrogen) atoms. The van der Waals surface area contributed by atoms with Crippen LogP contribution in [0.2, 0.25) is 0 Å². The van der Waals surface area contributed by atoms with Crippen LogP contribution in [-0.4, -0.2) is 11.8 Å². The highest BCUT2D eigenvalue weighted by Gasteiger charge is 2.04. The summed E-state index contributed by atoms with van der Waals surface area (Å²) in [7, 11) is 0. The van der Waals surface area contributed by atoms with E-state index in [4.69, 9.17) is 0 Å². The second kappa shape index (κ2) is 4.24. The van der Waals surface area contributed by atoms with Crippen molar-refractivity contribution in [3.8, 4) is 0 Å². The first kappa shape index (κ1) is 11.2. The maximum absolute atomic E-state index is 4.34. The average molecular weight is 165 g/mol. The first-order valence-corrected chi connectivity index (χ1v) is 4.18. The number of allylic oxidation sites excluding steroid dienone is 2. The van der Waals surface area contributed by atoms with E-state index in [1.54, 1.807) is 0 Å². The van der Waals surface area contributed by atoms with Gasteiger partial charge in [-0.3, -0.25) is 4.99 Å². The molecule has 0 amide bonds. The minimum atomic E-state index is -0.00197. The molecule has 0 N–H and O–H groups in total. The third-order valence-corrected chi connectivity index (χ3v) is 1.16. The van der Waals surface area contributed by atoms with Gasteiger partial charge in [-0.2, -0.15) is 0 Å². The van der Waals surface area contributed by atoms with Crippen molar-refractivity contribution in [3.63, 3.8) is 0 Å². The highest BCUT2D eigenvalue weighted by atomic mass is 14.8. The molecule has 0 bridgehead atoms. The molecule has 0 atom stereocenters. The fraction of sp³-hybridized carbons (Fsp3) is 0.545. The molecular weight excluding hydrogens is 146 g/mol. The normalized spacial score (nSPS) is 12.0. The van der Waals surface area contributed by atoms with E-state index < -0.39 is 0 Å². The van der Waals surface area contributed by atoms with Crippen LogP contribution >= 0.6 is 0 Å².